The number of hydrogen-bond donors (Lipinski definition) is 1. The number of carbonyl (C=O) groups is 2. The molecular weight excluding hydrogens is 584 g/mol. The fourth-order valence-electron chi connectivity index (χ4n) is 4.97. The number of benzene rings is 3. The normalized spacial score (nSPS) is 11.5. The van der Waals surface area contributed by atoms with Crippen LogP contribution in [0.15, 0.2) is 66.7 Å². The van der Waals surface area contributed by atoms with Crippen molar-refractivity contribution in [3.63, 3.8) is 0 Å². The molecule has 0 heterocycles. The second-order valence-corrected chi connectivity index (χ2v) is 11.2. The molecule has 3 rings (SSSR count). The molecule has 2 N–H and O–H groups in total. The number of methoxy groups -OCH3 is 4. The van der Waals surface area contributed by atoms with Crippen LogP contribution in [-0.2, 0) is 11.1 Å². The van der Waals surface area contributed by atoms with Gasteiger partial charge < -0.3 is 24.7 Å². The monoisotopic (exact) mass is 629 g/mol. The van der Waals surface area contributed by atoms with Gasteiger partial charge in [0.1, 0.15) is 23.0 Å². The molecule has 0 fully saturated rings. The Bertz CT molecular complexity index is 1260. The van der Waals surface area contributed by atoms with E-state index in [0.29, 0.717) is 42.1 Å². The van der Waals surface area contributed by atoms with Gasteiger partial charge in [0.2, 0.25) is 0 Å². The van der Waals surface area contributed by atoms with E-state index in [0.717, 1.165) is 0 Å². The third kappa shape index (κ3) is 10.4. The van der Waals surface area contributed by atoms with Crippen molar-refractivity contribution in [3.8, 4) is 23.0 Å². The number of ether oxygens (including phenoxy) is 4. The number of ketones is 2. The second-order valence-electron chi connectivity index (χ2n) is 10.6. The van der Waals surface area contributed by atoms with Gasteiger partial charge in [-0.2, -0.15) is 9.90 Å². The lowest BCUT2D eigenvalue weighted by Crippen LogP contribution is -2.39. The molecule has 0 aliphatic rings. The van der Waals surface area contributed by atoms with Gasteiger partial charge in [-0.05, 0) is 47.6 Å². The average Bonchev–Trinajstić information content (AvgIpc) is 3.00. The fourth-order valence-corrected chi connectivity index (χ4v) is 5.35. The Balaban J connectivity index is 0.000000885. The van der Waals surface area contributed by atoms with Gasteiger partial charge >= 0.3 is 0 Å². The molecule has 8 nitrogen and oxygen atoms in total. The van der Waals surface area contributed by atoms with Gasteiger partial charge in [0.25, 0.3) is 0 Å². The maximum Gasteiger partial charge on any atom is 0.177 e. The van der Waals surface area contributed by atoms with Crippen LogP contribution < -0.4 is 24.7 Å². The van der Waals surface area contributed by atoms with E-state index in [9.17, 15) is 14.2 Å². The largest absolute Gasteiger partial charge is 0.497 e. The number of Topliss-reactive ketones (excluding diaryl/α,β-unsaturated/α-hetero) is 2. The first kappa shape index (κ1) is 37.7. The minimum Gasteiger partial charge on any atom is -0.497 e. The van der Waals surface area contributed by atoms with Gasteiger partial charge in [-0.1, -0.05) is 51.1 Å². The quantitative estimate of drug-likeness (QED) is 0.116. The highest BCUT2D eigenvalue weighted by Crippen LogP contribution is 2.42. The van der Waals surface area contributed by atoms with Crippen molar-refractivity contribution < 1.29 is 33.1 Å². The highest BCUT2D eigenvalue weighted by molar-refractivity contribution is 7.23. The average molecular weight is 630 g/mol. The Labute approximate surface area is 260 Å². The van der Waals surface area contributed by atoms with Crippen LogP contribution in [-0.4, -0.2) is 46.2 Å². The van der Waals surface area contributed by atoms with Crippen LogP contribution in [0.3, 0.4) is 0 Å². The third-order valence-electron chi connectivity index (χ3n) is 6.99. The molecule has 2 atom stereocenters. The molecule has 0 aromatic heterocycles. The van der Waals surface area contributed by atoms with Gasteiger partial charge in [0.05, 0.1) is 45.5 Å². The minimum absolute atomic E-state index is 0. The topological polar surface area (TPSA) is 114 Å². The Morgan fingerprint density at radius 1 is 0.791 bits per heavy atom. The lowest BCUT2D eigenvalue weighted by atomic mass is 9.67. The molecule has 0 saturated carbocycles. The zero-order valence-electron chi connectivity index (χ0n) is 26.2. The van der Waals surface area contributed by atoms with Gasteiger partial charge in [-0.3, -0.25) is 14.2 Å². The lowest BCUT2D eigenvalue weighted by Gasteiger charge is -2.35. The van der Waals surface area contributed by atoms with Crippen molar-refractivity contribution in [1.82, 2.24) is 0 Å². The standard InChI is InChI=1S/C26H33O7P.C7H9N.H3P/c1-16(15-34-29)14-26(2,3)23(24(27)19-10-8-17(30-4)12-21(19)32-6)25(28)20-11-9-18(31-5)13-22(20)33-7;8-6-7-4-2-1-3-5-7;/h8-13,16,23H,14-15H2,1-7H3;1-5H,6,8H2;1H3. The highest BCUT2D eigenvalue weighted by atomic mass is 31.1. The van der Waals surface area contributed by atoms with E-state index < -0.39 is 11.3 Å². The highest BCUT2D eigenvalue weighted by Gasteiger charge is 2.43. The molecule has 0 bridgehead atoms. The van der Waals surface area contributed by atoms with Crippen LogP contribution in [0.5, 0.6) is 23.0 Å². The van der Waals surface area contributed by atoms with Crippen molar-refractivity contribution in [2.45, 2.75) is 33.7 Å². The Morgan fingerprint density at radius 2 is 1.26 bits per heavy atom. The second kappa shape index (κ2) is 18.4. The number of nitrogens with two attached hydrogens (primary N) is 1. The third-order valence-corrected chi connectivity index (χ3v) is 7.77. The number of hydrogen-bond acceptors (Lipinski definition) is 8. The van der Waals surface area contributed by atoms with Crippen molar-refractivity contribution >= 4 is 29.9 Å². The van der Waals surface area contributed by atoms with Gasteiger partial charge in [-0.25, -0.2) is 0 Å². The molecule has 43 heavy (non-hydrogen) atoms. The van der Waals surface area contributed by atoms with Crippen molar-refractivity contribution in [1.29, 1.82) is 0 Å². The van der Waals surface area contributed by atoms with Crippen LogP contribution in [0.25, 0.3) is 0 Å². The molecule has 0 radical (unpaired) electrons. The summed E-state index contributed by atoms with van der Waals surface area (Å²) in [4.78, 5) is 28.0. The molecule has 0 aliphatic heterocycles. The SMILES string of the molecule is COc1ccc(C(=O)C(C(=O)c2ccc(OC)cc2OC)C(C)(C)CC(C)CP=O)c(OC)c1.NCc1ccccc1.P. The van der Waals surface area contributed by atoms with Crippen LogP contribution in [0.4, 0.5) is 0 Å². The smallest absolute Gasteiger partial charge is 0.177 e. The molecule has 3 aromatic rings. The predicted octanol–water partition coefficient (Wildman–Crippen LogP) is 6.95. The molecule has 0 amide bonds. The van der Waals surface area contributed by atoms with Gasteiger partial charge in [0, 0.05) is 24.8 Å². The van der Waals surface area contributed by atoms with E-state index in [1.807, 2.05) is 51.1 Å². The summed E-state index contributed by atoms with van der Waals surface area (Å²) in [6.45, 7) is 6.37. The van der Waals surface area contributed by atoms with Crippen molar-refractivity contribution in [2.24, 2.45) is 23.0 Å². The summed E-state index contributed by atoms with van der Waals surface area (Å²) >= 11 is 0. The molecule has 0 saturated heterocycles. The van der Waals surface area contributed by atoms with Crippen LogP contribution in [0.2, 0.25) is 0 Å². The summed E-state index contributed by atoms with van der Waals surface area (Å²) in [5, 5.41) is 0. The predicted molar refractivity (Wildman–Crippen MR) is 177 cm³/mol. The van der Waals surface area contributed by atoms with Crippen LogP contribution in [0.1, 0.15) is 53.5 Å². The van der Waals surface area contributed by atoms with E-state index in [4.69, 9.17) is 24.7 Å². The first-order chi connectivity index (χ1) is 20.1. The summed E-state index contributed by atoms with van der Waals surface area (Å²) in [5.41, 5.74) is 6.36. The van der Waals surface area contributed by atoms with Gasteiger partial charge in [0.15, 0.2) is 20.0 Å². The maximum atomic E-state index is 14.0. The molecule has 2 unspecified atom stereocenters. The number of carbonyl (C=O) groups excluding carboxylic acids is 2. The van der Waals surface area contributed by atoms with E-state index in [2.05, 4.69) is 0 Å². The molecular formula is C33H45NO7P2. The number of rotatable bonds is 14. The lowest BCUT2D eigenvalue weighted by molar-refractivity contribution is 0.0639. The summed E-state index contributed by atoms with van der Waals surface area (Å²) < 4.78 is 32.6. The molecule has 3 aromatic carbocycles. The molecule has 0 aliphatic carbocycles. The summed E-state index contributed by atoms with van der Waals surface area (Å²) in [5.74, 6) is -0.00318. The van der Waals surface area contributed by atoms with Gasteiger partial charge in [-0.15, -0.1) is 0 Å². The zero-order chi connectivity index (χ0) is 31.3. The van der Waals surface area contributed by atoms with E-state index in [1.54, 1.807) is 36.4 Å². The van der Waals surface area contributed by atoms with Crippen LogP contribution in [0, 0.1) is 17.3 Å². The molecule has 234 valence electrons. The Kier molecular flexibility index (Phi) is 16.1. The molecule has 10 heteroatoms. The van der Waals surface area contributed by atoms with Crippen LogP contribution >= 0.6 is 18.4 Å². The fraction of sp³-hybridized carbons (Fsp3) is 0.394. The Hall–Kier alpha value is -3.31. The summed E-state index contributed by atoms with van der Waals surface area (Å²) in [6, 6.07) is 19.8. The first-order valence-electron chi connectivity index (χ1n) is 13.6. The van der Waals surface area contributed by atoms with E-state index in [1.165, 1.54) is 34.0 Å². The Morgan fingerprint density at radius 3 is 1.60 bits per heavy atom. The minimum atomic E-state index is -1.04. The zero-order valence-corrected chi connectivity index (χ0v) is 28.5. The maximum absolute atomic E-state index is 14.0. The summed E-state index contributed by atoms with van der Waals surface area (Å²) in [7, 11) is 6.02. The molecule has 0 spiro atoms. The van der Waals surface area contributed by atoms with Crippen molar-refractivity contribution in [2.75, 3.05) is 34.6 Å². The van der Waals surface area contributed by atoms with E-state index in [-0.39, 0.29) is 47.0 Å². The first-order valence-corrected chi connectivity index (χ1v) is 14.6. The van der Waals surface area contributed by atoms with E-state index >= 15 is 0 Å². The van der Waals surface area contributed by atoms with Crippen molar-refractivity contribution in [3.05, 3.63) is 83.4 Å². The summed E-state index contributed by atoms with van der Waals surface area (Å²) in [6.07, 6.45) is 0.956.